The van der Waals surface area contributed by atoms with E-state index in [0.717, 1.165) is 48.8 Å². The van der Waals surface area contributed by atoms with Crippen LogP contribution in [-0.4, -0.2) is 69.5 Å². The standard InChI is InChI=1S/C24H25Cl2N7O2S/c1-32-5-7-33(8-6-32)12-23-30-22(31-36-23)13-35-21-11-19-16(10-20(21)34-2)24(28-14-27-19)29-15-3-4-17(25)18(26)9-15/h3-4,9-11,14H,5-8,12-13H2,1-2H3,(H,27,28,29). The van der Waals surface area contributed by atoms with Gasteiger partial charge in [0.2, 0.25) is 0 Å². The number of piperazine rings is 1. The van der Waals surface area contributed by atoms with Crippen LogP contribution in [0.4, 0.5) is 11.5 Å². The van der Waals surface area contributed by atoms with Crippen molar-refractivity contribution < 1.29 is 9.47 Å². The minimum absolute atomic E-state index is 0.237. The minimum Gasteiger partial charge on any atom is -0.493 e. The van der Waals surface area contributed by atoms with E-state index in [2.05, 4.69) is 41.5 Å². The van der Waals surface area contributed by atoms with Gasteiger partial charge >= 0.3 is 0 Å². The Morgan fingerprint density at radius 2 is 1.86 bits per heavy atom. The molecule has 36 heavy (non-hydrogen) atoms. The number of ether oxygens (including phenoxy) is 2. The Morgan fingerprint density at radius 1 is 1.03 bits per heavy atom. The van der Waals surface area contributed by atoms with Gasteiger partial charge in [-0.3, -0.25) is 4.90 Å². The van der Waals surface area contributed by atoms with Gasteiger partial charge in [0.25, 0.3) is 0 Å². The molecule has 2 aromatic heterocycles. The lowest BCUT2D eigenvalue weighted by Crippen LogP contribution is -2.43. The fourth-order valence-electron chi connectivity index (χ4n) is 3.90. The lowest BCUT2D eigenvalue weighted by Gasteiger charge is -2.31. The first kappa shape index (κ1) is 24.9. The average molecular weight is 546 g/mol. The van der Waals surface area contributed by atoms with Crippen LogP contribution >= 0.6 is 34.7 Å². The molecule has 188 valence electrons. The van der Waals surface area contributed by atoms with Gasteiger partial charge in [-0.2, -0.15) is 4.37 Å². The minimum atomic E-state index is 0.237. The Morgan fingerprint density at radius 3 is 2.64 bits per heavy atom. The highest BCUT2D eigenvalue weighted by Gasteiger charge is 2.17. The second-order valence-electron chi connectivity index (χ2n) is 8.47. The third kappa shape index (κ3) is 5.79. The second-order valence-corrected chi connectivity index (χ2v) is 10.1. The maximum absolute atomic E-state index is 6.15. The van der Waals surface area contributed by atoms with Crippen LogP contribution in [0.2, 0.25) is 10.0 Å². The third-order valence-electron chi connectivity index (χ3n) is 5.92. The number of methoxy groups -OCH3 is 1. The summed E-state index contributed by atoms with van der Waals surface area (Å²) in [5.74, 6) is 2.37. The van der Waals surface area contributed by atoms with Crippen LogP contribution in [0.1, 0.15) is 10.8 Å². The Bertz CT molecular complexity index is 1360. The van der Waals surface area contributed by atoms with Crippen molar-refractivity contribution in [2.75, 3.05) is 45.7 Å². The summed E-state index contributed by atoms with van der Waals surface area (Å²) in [5.41, 5.74) is 1.45. The molecule has 0 amide bonds. The number of fused-ring (bicyclic) bond motifs is 1. The van der Waals surface area contributed by atoms with Crippen LogP contribution in [-0.2, 0) is 13.2 Å². The molecule has 0 radical (unpaired) electrons. The second kappa shape index (κ2) is 11.1. The van der Waals surface area contributed by atoms with Gasteiger partial charge in [-0.15, -0.1) is 0 Å². The van der Waals surface area contributed by atoms with Gasteiger partial charge in [0.15, 0.2) is 17.3 Å². The summed E-state index contributed by atoms with van der Waals surface area (Å²) >= 11 is 13.6. The van der Waals surface area contributed by atoms with E-state index in [1.165, 1.54) is 17.9 Å². The number of rotatable bonds is 8. The molecule has 2 aromatic carbocycles. The molecule has 1 fully saturated rings. The van der Waals surface area contributed by atoms with Gasteiger partial charge in [-0.05, 0) is 42.8 Å². The predicted octanol–water partition coefficient (Wildman–Crippen LogP) is 4.87. The van der Waals surface area contributed by atoms with E-state index < -0.39 is 0 Å². The molecule has 0 bridgehead atoms. The molecule has 9 nitrogen and oxygen atoms in total. The van der Waals surface area contributed by atoms with Crippen molar-refractivity contribution in [2.24, 2.45) is 0 Å². The topological polar surface area (TPSA) is 88.5 Å². The first-order valence-electron chi connectivity index (χ1n) is 11.4. The largest absolute Gasteiger partial charge is 0.493 e. The molecule has 1 aliphatic rings. The molecule has 0 saturated carbocycles. The quantitative estimate of drug-likeness (QED) is 0.333. The highest BCUT2D eigenvalue weighted by Crippen LogP contribution is 2.35. The number of aromatic nitrogens is 4. The SMILES string of the molecule is COc1cc2c(Nc3ccc(Cl)c(Cl)c3)ncnc2cc1OCc1nsc(CN2CCN(C)CC2)n1. The summed E-state index contributed by atoms with van der Waals surface area (Å²) in [5, 5.41) is 5.97. The molecule has 1 aliphatic heterocycles. The maximum atomic E-state index is 6.15. The summed E-state index contributed by atoms with van der Waals surface area (Å²) in [4.78, 5) is 18.2. The molecule has 1 N–H and O–H groups in total. The van der Waals surface area contributed by atoms with Gasteiger partial charge < -0.3 is 19.7 Å². The molecule has 5 rings (SSSR count). The molecular formula is C24H25Cl2N7O2S. The van der Waals surface area contributed by atoms with E-state index in [4.69, 9.17) is 32.7 Å². The zero-order valence-corrected chi connectivity index (χ0v) is 22.2. The number of benzene rings is 2. The number of hydrogen-bond acceptors (Lipinski definition) is 10. The molecule has 4 aromatic rings. The average Bonchev–Trinajstić information content (AvgIpc) is 3.33. The van der Waals surface area contributed by atoms with Gasteiger partial charge in [0, 0.05) is 43.3 Å². The van der Waals surface area contributed by atoms with Crippen LogP contribution in [0.15, 0.2) is 36.7 Å². The van der Waals surface area contributed by atoms with Crippen LogP contribution in [0.5, 0.6) is 11.5 Å². The summed E-state index contributed by atoms with van der Waals surface area (Å²) in [6.45, 7) is 5.28. The Labute approximate surface area is 223 Å². The fraction of sp³-hybridized carbons (Fsp3) is 0.333. The lowest BCUT2D eigenvalue weighted by atomic mass is 10.2. The highest BCUT2D eigenvalue weighted by atomic mass is 35.5. The summed E-state index contributed by atoms with van der Waals surface area (Å²) in [6.07, 6.45) is 1.49. The number of nitrogens with one attached hydrogen (secondary N) is 1. The molecule has 0 atom stereocenters. The third-order valence-corrected chi connectivity index (χ3v) is 7.40. The van der Waals surface area contributed by atoms with E-state index in [-0.39, 0.29) is 6.61 Å². The van der Waals surface area contributed by atoms with Crippen LogP contribution in [0.25, 0.3) is 10.9 Å². The first-order valence-corrected chi connectivity index (χ1v) is 12.9. The van der Waals surface area contributed by atoms with Gasteiger partial charge in [-0.1, -0.05) is 23.2 Å². The molecule has 0 unspecified atom stereocenters. The van der Waals surface area contributed by atoms with Crippen molar-refractivity contribution in [1.29, 1.82) is 0 Å². The van der Waals surface area contributed by atoms with Crippen LogP contribution in [0, 0.1) is 0 Å². The van der Waals surface area contributed by atoms with Gasteiger partial charge in [0.05, 0.1) is 29.2 Å². The Kier molecular flexibility index (Phi) is 7.68. The highest BCUT2D eigenvalue weighted by molar-refractivity contribution is 7.05. The van der Waals surface area contributed by atoms with E-state index in [1.807, 2.05) is 18.2 Å². The van der Waals surface area contributed by atoms with E-state index in [1.54, 1.807) is 19.2 Å². The van der Waals surface area contributed by atoms with Gasteiger partial charge in [-0.25, -0.2) is 15.0 Å². The number of halogens is 2. The first-order chi connectivity index (χ1) is 17.5. The maximum Gasteiger partial charge on any atom is 0.180 e. The molecule has 0 spiro atoms. The predicted molar refractivity (Wildman–Crippen MR) is 143 cm³/mol. The molecule has 1 saturated heterocycles. The van der Waals surface area contributed by atoms with E-state index >= 15 is 0 Å². The van der Waals surface area contributed by atoms with Crippen LogP contribution in [0.3, 0.4) is 0 Å². The molecule has 3 heterocycles. The normalized spacial score (nSPS) is 14.8. The van der Waals surface area contributed by atoms with Crippen molar-refractivity contribution >= 4 is 57.1 Å². The number of likely N-dealkylation sites (N-methyl/N-ethyl adjacent to an activating group) is 1. The van der Waals surface area contributed by atoms with Crippen molar-refractivity contribution in [1.82, 2.24) is 29.1 Å². The monoisotopic (exact) mass is 545 g/mol. The summed E-state index contributed by atoms with van der Waals surface area (Å²) in [7, 11) is 3.75. The van der Waals surface area contributed by atoms with Gasteiger partial charge in [0.1, 0.15) is 23.8 Å². The zero-order valence-electron chi connectivity index (χ0n) is 19.9. The molecular weight excluding hydrogens is 521 g/mol. The van der Waals surface area contributed by atoms with Crippen molar-refractivity contribution in [3.63, 3.8) is 0 Å². The lowest BCUT2D eigenvalue weighted by molar-refractivity contribution is 0.148. The number of hydrogen-bond donors (Lipinski definition) is 1. The molecule has 12 heteroatoms. The van der Waals surface area contributed by atoms with Crippen molar-refractivity contribution in [2.45, 2.75) is 13.2 Å². The Hall–Kier alpha value is -2.76. The van der Waals surface area contributed by atoms with E-state index in [0.29, 0.717) is 38.7 Å². The summed E-state index contributed by atoms with van der Waals surface area (Å²) in [6, 6.07) is 8.97. The van der Waals surface area contributed by atoms with Crippen LogP contribution < -0.4 is 14.8 Å². The summed E-state index contributed by atoms with van der Waals surface area (Å²) < 4.78 is 16.1. The molecule has 0 aliphatic carbocycles. The number of nitrogens with zero attached hydrogens (tertiary/aromatic N) is 6. The van der Waals surface area contributed by atoms with E-state index in [9.17, 15) is 0 Å². The number of anilines is 2. The van der Waals surface area contributed by atoms with Crippen molar-refractivity contribution in [3.8, 4) is 11.5 Å². The zero-order chi connectivity index (χ0) is 25.1. The Balaban J connectivity index is 1.30. The fourth-order valence-corrected chi connectivity index (χ4v) is 4.89. The van der Waals surface area contributed by atoms with Crippen molar-refractivity contribution in [3.05, 3.63) is 57.5 Å². The smallest absolute Gasteiger partial charge is 0.180 e.